The Morgan fingerprint density at radius 1 is 1.28 bits per heavy atom. The van der Waals surface area contributed by atoms with E-state index in [1.807, 2.05) is 0 Å². The average Bonchev–Trinajstić information content (AvgIpc) is 2.98. The Morgan fingerprint density at radius 3 is 2.96 bits per heavy atom. The van der Waals surface area contributed by atoms with Gasteiger partial charge >= 0.3 is 11.4 Å². The highest BCUT2D eigenvalue weighted by Crippen LogP contribution is 2.18. The number of benzene rings is 1. The molecule has 0 saturated heterocycles. The second-order valence-corrected chi connectivity index (χ2v) is 6.23. The van der Waals surface area contributed by atoms with E-state index in [2.05, 4.69) is 10.2 Å². The highest BCUT2D eigenvalue weighted by Gasteiger charge is 2.22. The Labute approximate surface area is 145 Å². The maximum atomic E-state index is 12.6. The molecule has 0 radical (unpaired) electrons. The molecular weight excluding hydrogens is 350 g/mol. The molecule has 3 heterocycles. The molecule has 4 rings (SSSR count). The molecule has 0 fully saturated rings. The smallest absolute Gasteiger partial charge is 0.408 e. The van der Waals surface area contributed by atoms with Gasteiger partial charge in [-0.05, 0) is 12.1 Å². The van der Waals surface area contributed by atoms with Crippen molar-refractivity contribution >= 4 is 28.6 Å². The molecule has 10 heteroatoms. The van der Waals surface area contributed by atoms with Gasteiger partial charge in [-0.1, -0.05) is 11.6 Å². The number of hydrogen-bond donors (Lipinski definition) is 1. The van der Waals surface area contributed by atoms with Gasteiger partial charge in [-0.15, -0.1) is 0 Å². The Morgan fingerprint density at radius 2 is 2.12 bits per heavy atom. The van der Waals surface area contributed by atoms with Crippen molar-refractivity contribution < 1.29 is 9.21 Å². The lowest BCUT2D eigenvalue weighted by Crippen LogP contribution is -2.38. The summed E-state index contributed by atoms with van der Waals surface area (Å²) in [5.41, 5.74) is 0.577. The van der Waals surface area contributed by atoms with E-state index in [0.29, 0.717) is 48.0 Å². The fraction of sp³-hybridized carbons (Fsp3) is 0.333. The topological polar surface area (TPSA) is 106 Å². The Balaban J connectivity index is 1.56. The van der Waals surface area contributed by atoms with E-state index in [-0.39, 0.29) is 18.1 Å². The van der Waals surface area contributed by atoms with Crippen molar-refractivity contribution in [3.8, 4) is 0 Å². The van der Waals surface area contributed by atoms with E-state index in [1.54, 1.807) is 17.0 Å². The number of aromatic nitrogens is 4. The molecule has 0 aliphatic carbocycles. The molecule has 0 atom stereocenters. The number of nitrogens with zero attached hydrogens (tertiary/aromatic N) is 4. The fourth-order valence-corrected chi connectivity index (χ4v) is 3.18. The molecule has 9 nitrogen and oxygen atoms in total. The van der Waals surface area contributed by atoms with Crippen molar-refractivity contribution in [2.24, 2.45) is 0 Å². The average molecular weight is 364 g/mol. The van der Waals surface area contributed by atoms with Crippen LogP contribution in [-0.4, -0.2) is 43.2 Å². The summed E-state index contributed by atoms with van der Waals surface area (Å²) < 4.78 is 7.94. The summed E-state index contributed by atoms with van der Waals surface area (Å²) in [4.78, 5) is 37.9. The Kier molecular flexibility index (Phi) is 3.72. The molecule has 1 N–H and O–H groups in total. The SMILES string of the molecule is O=C(Cn1c(=O)oc2cc(Cl)ccc21)N1CCc2n[nH]c(=O)n2CC1. The molecular formula is C15H14ClN5O4. The molecule has 0 saturated carbocycles. The summed E-state index contributed by atoms with van der Waals surface area (Å²) in [6.07, 6.45) is 0.473. The van der Waals surface area contributed by atoms with Crippen molar-refractivity contribution in [2.45, 2.75) is 19.5 Å². The summed E-state index contributed by atoms with van der Waals surface area (Å²) in [6, 6.07) is 4.82. The molecule has 1 aromatic carbocycles. The largest absolute Gasteiger partial charge is 0.420 e. The van der Waals surface area contributed by atoms with Gasteiger partial charge in [0.15, 0.2) is 5.58 Å². The van der Waals surface area contributed by atoms with Gasteiger partial charge in [0.2, 0.25) is 5.91 Å². The summed E-state index contributed by atoms with van der Waals surface area (Å²) in [7, 11) is 0. The third kappa shape index (κ3) is 2.76. The van der Waals surface area contributed by atoms with Gasteiger partial charge in [0.25, 0.3) is 0 Å². The van der Waals surface area contributed by atoms with Crippen LogP contribution in [-0.2, 0) is 24.3 Å². The predicted octanol–water partition coefficient (Wildman–Crippen LogP) is 0.218. The highest BCUT2D eigenvalue weighted by molar-refractivity contribution is 6.31. The van der Waals surface area contributed by atoms with Crippen LogP contribution in [0, 0.1) is 0 Å². The van der Waals surface area contributed by atoms with Crippen molar-refractivity contribution in [3.05, 3.63) is 50.1 Å². The molecule has 1 aliphatic heterocycles. The lowest BCUT2D eigenvalue weighted by Gasteiger charge is -2.19. The minimum Gasteiger partial charge on any atom is -0.408 e. The number of fused-ring (bicyclic) bond motifs is 2. The van der Waals surface area contributed by atoms with Gasteiger partial charge in [0, 0.05) is 37.1 Å². The number of hydrogen-bond acceptors (Lipinski definition) is 5. The van der Waals surface area contributed by atoms with Crippen LogP contribution in [0.3, 0.4) is 0 Å². The molecule has 3 aromatic rings. The van der Waals surface area contributed by atoms with Gasteiger partial charge in [-0.2, -0.15) is 5.10 Å². The van der Waals surface area contributed by atoms with Gasteiger partial charge < -0.3 is 9.32 Å². The van der Waals surface area contributed by atoms with Crippen molar-refractivity contribution in [3.63, 3.8) is 0 Å². The number of carbonyl (C=O) groups is 1. The normalized spacial score (nSPS) is 14.5. The number of nitrogens with one attached hydrogen (secondary N) is 1. The monoisotopic (exact) mass is 363 g/mol. The zero-order valence-electron chi connectivity index (χ0n) is 13.1. The van der Waals surface area contributed by atoms with E-state index < -0.39 is 5.76 Å². The summed E-state index contributed by atoms with van der Waals surface area (Å²) in [5, 5.41) is 6.81. The number of carbonyl (C=O) groups excluding carboxylic acids is 1. The van der Waals surface area contributed by atoms with E-state index in [4.69, 9.17) is 16.0 Å². The van der Waals surface area contributed by atoms with Crippen LogP contribution < -0.4 is 11.4 Å². The number of oxazole rings is 1. The lowest BCUT2D eigenvalue weighted by molar-refractivity contribution is -0.131. The van der Waals surface area contributed by atoms with E-state index in [1.165, 1.54) is 15.2 Å². The maximum Gasteiger partial charge on any atom is 0.420 e. The third-order valence-corrected chi connectivity index (χ3v) is 4.55. The maximum absolute atomic E-state index is 12.6. The first kappa shape index (κ1) is 15.7. The molecule has 25 heavy (non-hydrogen) atoms. The second-order valence-electron chi connectivity index (χ2n) is 5.79. The van der Waals surface area contributed by atoms with Gasteiger partial charge in [-0.3, -0.25) is 13.9 Å². The van der Waals surface area contributed by atoms with Crippen LogP contribution in [0.5, 0.6) is 0 Å². The van der Waals surface area contributed by atoms with E-state index in [9.17, 15) is 14.4 Å². The highest BCUT2D eigenvalue weighted by atomic mass is 35.5. The summed E-state index contributed by atoms with van der Waals surface area (Å²) in [5.74, 6) is -0.201. The van der Waals surface area contributed by atoms with Crippen LogP contribution in [0.2, 0.25) is 5.02 Å². The first-order valence-electron chi connectivity index (χ1n) is 7.73. The van der Waals surface area contributed by atoms with Gasteiger partial charge in [0.1, 0.15) is 12.4 Å². The standard InChI is InChI=1S/C15H14ClN5O4/c16-9-1-2-10-11(7-9)25-15(24)21(10)8-13(22)19-4-3-12-17-18-14(23)20(12)6-5-19/h1-2,7H,3-6,8H2,(H,18,23). The van der Waals surface area contributed by atoms with E-state index >= 15 is 0 Å². The van der Waals surface area contributed by atoms with Crippen molar-refractivity contribution in [1.82, 2.24) is 24.2 Å². The second kappa shape index (κ2) is 5.92. The minimum absolute atomic E-state index is 0.133. The van der Waals surface area contributed by atoms with Crippen LogP contribution >= 0.6 is 11.6 Å². The first-order chi connectivity index (χ1) is 12.0. The molecule has 2 aromatic heterocycles. The fourth-order valence-electron chi connectivity index (χ4n) is 3.01. The van der Waals surface area contributed by atoms with Crippen LogP contribution in [0.15, 0.2) is 32.2 Å². The molecule has 1 amide bonds. The van der Waals surface area contributed by atoms with Crippen molar-refractivity contribution in [1.29, 1.82) is 0 Å². The number of halogens is 1. The minimum atomic E-state index is -0.607. The molecule has 130 valence electrons. The van der Waals surface area contributed by atoms with Gasteiger partial charge in [0.05, 0.1) is 5.52 Å². The number of amides is 1. The first-order valence-corrected chi connectivity index (χ1v) is 8.11. The number of rotatable bonds is 2. The third-order valence-electron chi connectivity index (χ3n) is 4.31. The Bertz CT molecular complexity index is 1080. The predicted molar refractivity (Wildman–Crippen MR) is 88.6 cm³/mol. The molecule has 0 unspecified atom stereocenters. The number of aromatic amines is 1. The lowest BCUT2D eigenvalue weighted by atomic mass is 10.3. The summed E-state index contributed by atoms with van der Waals surface area (Å²) in [6.45, 7) is 1.04. The summed E-state index contributed by atoms with van der Waals surface area (Å²) >= 11 is 5.89. The zero-order chi connectivity index (χ0) is 17.6. The molecule has 1 aliphatic rings. The Hall–Kier alpha value is -2.81. The van der Waals surface area contributed by atoms with Crippen LogP contribution in [0.1, 0.15) is 5.82 Å². The molecule has 0 spiro atoms. The van der Waals surface area contributed by atoms with Crippen molar-refractivity contribution in [2.75, 3.05) is 13.1 Å². The van der Waals surface area contributed by atoms with Crippen LogP contribution in [0.25, 0.3) is 11.1 Å². The zero-order valence-corrected chi connectivity index (χ0v) is 13.8. The molecule has 0 bridgehead atoms. The van der Waals surface area contributed by atoms with Gasteiger partial charge in [-0.25, -0.2) is 14.7 Å². The quantitative estimate of drug-likeness (QED) is 0.701. The van der Waals surface area contributed by atoms with Crippen LogP contribution in [0.4, 0.5) is 0 Å². The number of H-pyrrole nitrogens is 1. The van der Waals surface area contributed by atoms with E-state index in [0.717, 1.165) is 0 Å².